The van der Waals surface area contributed by atoms with Gasteiger partial charge in [0.15, 0.2) is 0 Å². The first-order chi connectivity index (χ1) is 31.7. The van der Waals surface area contributed by atoms with Crippen LogP contribution < -0.4 is 0 Å². The molecule has 1 heteroatoms. The van der Waals surface area contributed by atoms with E-state index in [0.29, 0.717) is 0 Å². The lowest BCUT2D eigenvalue weighted by Gasteiger charge is -2.19. The smallest absolute Gasteiger partial charge is 0.136 e. The molecule has 0 radical (unpaired) electrons. The van der Waals surface area contributed by atoms with E-state index in [1.807, 2.05) is 0 Å². The summed E-state index contributed by atoms with van der Waals surface area (Å²) in [5.74, 6) is 0. The molecule has 0 spiro atoms. The topological polar surface area (TPSA) is 13.1 Å². The third-order valence-electron chi connectivity index (χ3n) is 6.97. The van der Waals surface area contributed by atoms with Crippen LogP contribution in [-0.2, 0) is 0 Å². The van der Waals surface area contributed by atoms with Gasteiger partial charge in [-0.3, -0.25) is 0 Å². The molecule has 1 aromatic heterocycles. The predicted octanol–water partition coefficient (Wildman–Crippen LogP) is 12.0. The van der Waals surface area contributed by atoms with Gasteiger partial charge in [0, 0.05) is 10.8 Å². The molecule has 0 unspecified atom stereocenters. The summed E-state index contributed by atoms with van der Waals surface area (Å²) in [6.45, 7) is 0. The Morgan fingerprint density at radius 2 is 0.977 bits per heavy atom. The largest absolute Gasteiger partial charge is 0.456 e. The molecule has 8 aromatic carbocycles. The molecule has 9 aromatic rings. The zero-order valence-electron chi connectivity index (χ0n) is 46.5. The summed E-state index contributed by atoms with van der Waals surface area (Å²) in [5.41, 5.74) is -5.18. The third-order valence-corrected chi connectivity index (χ3v) is 6.97. The summed E-state index contributed by atoms with van der Waals surface area (Å²) in [6, 6.07) is -20.4. The van der Waals surface area contributed by atoms with E-state index >= 15 is 0 Å². The second-order valence-corrected chi connectivity index (χ2v) is 9.34. The molecule has 0 aliphatic carbocycles. The van der Waals surface area contributed by atoms with Crippen LogP contribution >= 0.6 is 0 Å². The average Bonchev–Trinajstić information content (AvgIpc) is 3.69. The fourth-order valence-electron chi connectivity index (χ4n) is 5.12. The van der Waals surface area contributed by atoms with Gasteiger partial charge in [0.2, 0.25) is 0 Å². The first-order valence-corrected chi connectivity index (χ1v) is 12.7. The standard InChI is InChI=1S/C42H26O/c1-2-11-28(12-3-1)41-35-15-6-7-16-36(35)42(32-21-22-34-33-14-8-9-17-39(33)43-40(34)26-32)37-23-20-31(25-38(37)41)30-19-18-27-10-4-5-13-29(27)24-30/h1-26H/i1D,2D,3D,4D,5D,6D,7D,8D,9D,10D,11D,12D,13D,14D,15D,16D,17D,18D,19D,20D,21D,23D,24D,25D,26D. The molecule has 0 fully saturated rings. The van der Waals surface area contributed by atoms with Crippen molar-refractivity contribution in [2.75, 3.05) is 0 Å². The Morgan fingerprint density at radius 1 is 0.349 bits per heavy atom. The molecule has 0 atom stereocenters. The van der Waals surface area contributed by atoms with E-state index in [0.717, 1.165) is 6.07 Å². The lowest BCUT2D eigenvalue weighted by Crippen LogP contribution is -1.91. The van der Waals surface area contributed by atoms with Gasteiger partial charge in [0.25, 0.3) is 0 Å². The van der Waals surface area contributed by atoms with E-state index < -0.39 is 228 Å². The number of rotatable bonds is 3. The first kappa shape index (κ1) is 9.97. The monoisotopic (exact) mass is 571 g/mol. The average molecular weight is 572 g/mol. The highest BCUT2D eigenvalue weighted by Gasteiger charge is 2.18. The molecule has 0 saturated heterocycles. The number of benzene rings is 8. The Kier molecular flexibility index (Phi) is 2.19. The summed E-state index contributed by atoms with van der Waals surface area (Å²) >= 11 is 0. The van der Waals surface area contributed by atoms with Crippen molar-refractivity contribution in [3.05, 3.63) is 157 Å². The van der Waals surface area contributed by atoms with Crippen molar-refractivity contribution in [3.63, 3.8) is 0 Å². The van der Waals surface area contributed by atoms with Crippen molar-refractivity contribution < 1.29 is 38.7 Å². The van der Waals surface area contributed by atoms with Crippen LogP contribution in [0, 0.1) is 0 Å². The van der Waals surface area contributed by atoms with Gasteiger partial charge in [0.05, 0.1) is 34.3 Å². The number of furan rings is 1. The fraction of sp³-hybridized carbons (Fsp3) is 0. The summed E-state index contributed by atoms with van der Waals surface area (Å²) in [4.78, 5) is 0. The second kappa shape index (κ2) is 9.44. The lowest BCUT2D eigenvalue weighted by molar-refractivity contribution is 0.669. The summed E-state index contributed by atoms with van der Waals surface area (Å²) < 4.78 is 229. The minimum Gasteiger partial charge on any atom is -0.456 e. The maximum absolute atomic E-state index is 9.98. The molecule has 1 heterocycles. The van der Waals surface area contributed by atoms with E-state index in [9.17, 15) is 11.0 Å². The highest BCUT2D eigenvalue weighted by molar-refractivity contribution is 6.22. The van der Waals surface area contributed by atoms with E-state index in [1.54, 1.807) is 0 Å². The first-order valence-electron chi connectivity index (χ1n) is 25.2. The molecule has 1 nitrogen and oxygen atoms in total. The number of para-hydroxylation sites is 1. The highest BCUT2D eigenvalue weighted by Crippen LogP contribution is 2.45. The third kappa shape index (κ3) is 3.79. The molecule has 0 aliphatic heterocycles. The van der Waals surface area contributed by atoms with Crippen LogP contribution in [0.5, 0.6) is 0 Å². The lowest BCUT2D eigenvalue weighted by atomic mass is 9.84. The van der Waals surface area contributed by atoms with Gasteiger partial charge in [-0.05, 0) is 95.9 Å². The normalized spacial score (nSPS) is 19.9. The van der Waals surface area contributed by atoms with Crippen LogP contribution in [0.4, 0.5) is 0 Å². The van der Waals surface area contributed by atoms with Crippen LogP contribution in [-0.4, -0.2) is 0 Å². The summed E-state index contributed by atoms with van der Waals surface area (Å²) in [5, 5.41) is -4.25. The minimum atomic E-state index is -1.02. The Balaban J connectivity index is 1.63. The molecule has 0 saturated carbocycles. The van der Waals surface area contributed by atoms with Gasteiger partial charge in [-0.2, -0.15) is 0 Å². The molecule has 0 N–H and O–H groups in total. The quantitative estimate of drug-likeness (QED) is 0.192. The van der Waals surface area contributed by atoms with Crippen LogP contribution in [0.1, 0.15) is 34.3 Å². The van der Waals surface area contributed by atoms with Crippen molar-refractivity contribution in [2.24, 2.45) is 0 Å². The molecule has 0 aliphatic rings. The fourth-order valence-corrected chi connectivity index (χ4v) is 5.12. The highest BCUT2D eigenvalue weighted by atomic mass is 16.3. The van der Waals surface area contributed by atoms with Gasteiger partial charge >= 0.3 is 0 Å². The summed E-state index contributed by atoms with van der Waals surface area (Å²) in [6.07, 6.45) is 0. The molecular weight excluding hydrogens is 520 g/mol. The molecule has 43 heavy (non-hydrogen) atoms. The van der Waals surface area contributed by atoms with Crippen molar-refractivity contribution in [3.8, 4) is 33.4 Å². The number of hydrogen-bond donors (Lipinski definition) is 0. The second-order valence-electron chi connectivity index (χ2n) is 9.34. The van der Waals surface area contributed by atoms with Crippen molar-refractivity contribution in [1.82, 2.24) is 0 Å². The Morgan fingerprint density at radius 3 is 1.81 bits per heavy atom. The maximum Gasteiger partial charge on any atom is 0.136 e. The van der Waals surface area contributed by atoms with Gasteiger partial charge in [0.1, 0.15) is 11.2 Å². The van der Waals surface area contributed by atoms with E-state index in [-0.39, 0.29) is 10.8 Å². The Bertz CT molecular complexity index is 3880. The van der Waals surface area contributed by atoms with Gasteiger partial charge in [-0.25, -0.2) is 0 Å². The zero-order valence-corrected chi connectivity index (χ0v) is 21.5. The Labute approximate surface area is 284 Å². The van der Waals surface area contributed by atoms with Crippen molar-refractivity contribution >= 4 is 54.3 Å². The minimum absolute atomic E-state index is 0.154. The predicted molar refractivity (Wildman–Crippen MR) is 183 cm³/mol. The summed E-state index contributed by atoms with van der Waals surface area (Å²) in [7, 11) is 0. The molecule has 0 bridgehead atoms. The maximum atomic E-state index is 9.98. The Hall–Kier alpha value is -5.66. The number of hydrogen-bond acceptors (Lipinski definition) is 1. The number of fused-ring (bicyclic) bond motifs is 6. The van der Waals surface area contributed by atoms with Crippen LogP contribution in [0.25, 0.3) is 87.6 Å². The van der Waals surface area contributed by atoms with Gasteiger partial charge < -0.3 is 4.42 Å². The van der Waals surface area contributed by atoms with Crippen LogP contribution in [0.2, 0.25) is 0 Å². The SMILES string of the molecule is [2H]c1cc2c(oc3c([2H])c([2H])c([2H])c([2H])c32)c([2H])c1-c1c2c([2H])c([2H])c([2H])c([2H])c2c(-c2c([2H])c([2H])c([2H])c([2H])c2[2H])c2c([2H])c(-c3c([2H])c([2H])c4c([2H])c([2H])c([2H])c([2H])c4c3[2H])c([2H])c([2H])c12. The molecule has 0 amide bonds. The van der Waals surface area contributed by atoms with Crippen LogP contribution in [0.15, 0.2) is 162 Å². The zero-order chi connectivity index (χ0) is 50.1. The molecule has 9 rings (SSSR count). The van der Waals surface area contributed by atoms with Crippen molar-refractivity contribution in [1.29, 1.82) is 0 Å². The van der Waals surface area contributed by atoms with E-state index in [4.69, 9.17) is 27.7 Å². The van der Waals surface area contributed by atoms with Crippen LogP contribution in [0.3, 0.4) is 0 Å². The molecule has 200 valence electrons. The van der Waals surface area contributed by atoms with Crippen molar-refractivity contribution in [2.45, 2.75) is 0 Å². The molecular formula is C42H26O. The van der Waals surface area contributed by atoms with Gasteiger partial charge in [-0.1, -0.05) is 127 Å². The van der Waals surface area contributed by atoms with E-state index in [2.05, 4.69) is 0 Å². The van der Waals surface area contributed by atoms with Gasteiger partial charge in [-0.15, -0.1) is 0 Å². The van der Waals surface area contributed by atoms with E-state index in [1.165, 1.54) is 0 Å².